The molecule has 0 aromatic rings. The Kier molecular flexibility index (Phi) is 5.21. The van der Waals surface area contributed by atoms with Gasteiger partial charge in [0.15, 0.2) is 9.84 Å². The van der Waals surface area contributed by atoms with Crippen LogP contribution in [0.25, 0.3) is 0 Å². The summed E-state index contributed by atoms with van der Waals surface area (Å²) in [5, 5.41) is 0. The number of hydrogen-bond acceptors (Lipinski definition) is 3. The van der Waals surface area contributed by atoms with Crippen molar-refractivity contribution in [2.24, 2.45) is 11.1 Å². The van der Waals surface area contributed by atoms with Crippen LogP contribution in [-0.4, -0.2) is 32.6 Å². The molecule has 0 radical (unpaired) electrons. The summed E-state index contributed by atoms with van der Waals surface area (Å²) in [6, 6.07) is 0. The molecule has 0 fully saturated rings. The molecule has 1 atom stereocenters. The summed E-state index contributed by atoms with van der Waals surface area (Å²) in [5.74, 6) is -0.260. The van der Waals surface area contributed by atoms with Gasteiger partial charge in [-0.15, -0.1) is 0 Å². The van der Waals surface area contributed by atoms with Gasteiger partial charge in [0.2, 0.25) is 0 Å². The molecular weight excluding hydrogens is 291 g/mol. The van der Waals surface area contributed by atoms with Crippen LogP contribution >= 0.6 is 0 Å². The van der Waals surface area contributed by atoms with E-state index in [1.807, 2.05) is 0 Å². The highest BCUT2D eigenvalue weighted by Gasteiger charge is 2.48. The Morgan fingerprint density at radius 2 is 2.10 bits per heavy atom. The van der Waals surface area contributed by atoms with Crippen molar-refractivity contribution in [2.75, 3.05) is 18.1 Å². The molecule has 3 nitrogen and oxygen atoms in total. The minimum absolute atomic E-state index is 0.0582. The standard InChI is InChI=1S/C13H18F3NO2S/c1-12(13(14,15)16)6-4-11(5-7-12)3-2-9-20(18,19)10-8-17/h2-6H,7-10,17H2,1H3/b3-2+. The number of nitrogens with two attached hydrogens (primary N) is 1. The number of allylic oxidation sites excluding steroid dienone is 5. The van der Waals surface area contributed by atoms with Gasteiger partial charge in [-0.05, 0) is 18.9 Å². The molecule has 0 heterocycles. The van der Waals surface area contributed by atoms with Gasteiger partial charge >= 0.3 is 6.18 Å². The van der Waals surface area contributed by atoms with E-state index in [0.717, 1.165) is 13.0 Å². The fourth-order valence-electron chi connectivity index (χ4n) is 1.67. The molecule has 20 heavy (non-hydrogen) atoms. The van der Waals surface area contributed by atoms with E-state index in [9.17, 15) is 21.6 Å². The van der Waals surface area contributed by atoms with Crippen LogP contribution in [0.4, 0.5) is 13.2 Å². The lowest BCUT2D eigenvalue weighted by molar-refractivity contribution is -0.199. The summed E-state index contributed by atoms with van der Waals surface area (Å²) >= 11 is 0. The van der Waals surface area contributed by atoms with Gasteiger partial charge in [0, 0.05) is 6.54 Å². The number of hydrogen-bond donors (Lipinski definition) is 1. The monoisotopic (exact) mass is 309 g/mol. The van der Waals surface area contributed by atoms with Crippen molar-refractivity contribution in [1.82, 2.24) is 0 Å². The summed E-state index contributed by atoms with van der Waals surface area (Å²) in [6.07, 6.45) is 2.43. The number of alkyl halides is 3. The SMILES string of the molecule is CC1(C(F)(F)F)C=CC(/C=C/CS(=O)(=O)CCN)=CC1. The Morgan fingerprint density at radius 1 is 1.45 bits per heavy atom. The summed E-state index contributed by atoms with van der Waals surface area (Å²) in [7, 11) is -3.22. The summed E-state index contributed by atoms with van der Waals surface area (Å²) in [5.41, 5.74) is 3.89. The number of sulfone groups is 1. The first-order valence-corrected chi connectivity index (χ1v) is 7.95. The second-order valence-electron chi connectivity index (χ2n) is 4.96. The lowest BCUT2D eigenvalue weighted by atomic mass is 9.81. The van der Waals surface area contributed by atoms with Crippen LogP contribution in [0.1, 0.15) is 13.3 Å². The molecule has 7 heteroatoms. The van der Waals surface area contributed by atoms with Crippen LogP contribution in [-0.2, 0) is 9.84 Å². The Labute approximate surface area is 117 Å². The molecule has 0 saturated carbocycles. The maximum absolute atomic E-state index is 12.8. The first-order valence-electron chi connectivity index (χ1n) is 6.13. The molecule has 2 N–H and O–H groups in total. The van der Waals surface area contributed by atoms with Gasteiger partial charge in [-0.2, -0.15) is 13.2 Å². The van der Waals surface area contributed by atoms with E-state index in [4.69, 9.17) is 5.73 Å². The molecule has 0 aromatic heterocycles. The summed E-state index contributed by atoms with van der Waals surface area (Å²) in [4.78, 5) is 0. The van der Waals surface area contributed by atoms with Crippen LogP contribution in [0.2, 0.25) is 0 Å². The molecule has 0 spiro atoms. The fourth-order valence-corrected chi connectivity index (χ4v) is 2.59. The predicted molar refractivity (Wildman–Crippen MR) is 72.9 cm³/mol. The molecule has 114 valence electrons. The van der Waals surface area contributed by atoms with Crippen molar-refractivity contribution in [1.29, 1.82) is 0 Å². The van der Waals surface area contributed by atoms with Crippen molar-refractivity contribution in [2.45, 2.75) is 19.5 Å². The zero-order valence-electron chi connectivity index (χ0n) is 11.2. The second-order valence-corrected chi connectivity index (χ2v) is 7.19. The quantitative estimate of drug-likeness (QED) is 0.848. The van der Waals surface area contributed by atoms with E-state index in [1.54, 1.807) is 0 Å². The normalized spacial score (nSPS) is 24.1. The van der Waals surface area contributed by atoms with E-state index >= 15 is 0 Å². The summed E-state index contributed by atoms with van der Waals surface area (Å²) < 4.78 is 61.0. The molecule has 0 bridgehead atoms. The molecule has 1 rings (SSSR count). The average Bonchev–Trinajstić information content (AvgIpc) is 2.30. The Morgan fingerprint density at radius 3 is 2.55 bits per heavy atom. The zero-order chi connectivity index (χ0) is 15.4. The van der Waals surface area contributed by atoms with E-state index in [0.29, 0.717) is 5.57 Å². The molecule has 1 aliphatic carbocycles. The minimum atomic E-state index is -4.29. The number of rotatable bonds is 5. The highest BCUT2D eigenvalue weighted by molar-refractivity contribution is 7.91. The molecule has 0 saturated heterocycles. The van der Waals surface area contributed by atoms with Gasteiger partial charge in [-0.3, -0.25) is 0 Å². The average molecular weight is 309 g/mol. The topological polar surface area (TPSA) is 60.2 Å². The van der Waals surface area contributed by atoms with E-state index in [2.05, 4.69) is 0 Å². The molecule has 0 aliphatic heterocycles. The zero-order valence-corrected chi connectivity index (χ0v) is 12.0. The fraction of sp³-hybridized carbons (Fsp3) is 0.538. The maximum atomic E-state index is 12.8. The van der Waals surface area contributed by atoms with Crippen molar-refractivity contribution in [3.8, 4) is 0 Å². The van der Waals surface area contributed by atoms with E-state index < -0.39 is 21.4 Å². The Hall–Kier alpha value is -1.08. The molecule has 0 amide bonds. The highest BCUT2D eigenvalue weighted by Crippen LogP contribution is 2.44. The Balaban J connectivity index is 2.65. The third kappa shape index (κ3) is 4.49. The van der Waals surface area contributed by atoms with E-state index in [1.165, 1.54) is 24.3 Å². The van der Waals surface area contributed by atoms with Gasteiger partial charge in [-0.1, -0.05) is 30.4 Å². The lowest BCUT2D eigenvalue weighted by Crippen LogP contribution is -2.33. The van der Waals surface area contributed by atoms with Crippen molar-refractivity contribution >= 4 is 9.84 Å². The van der Waals surface area contributed by atoms with Crippen LogP contribution in [0.5, 0.6) is 0 Å². The van der Waals surface area contributed by atoms with Gasteiger partial charge in [0.1, 0.15) is 0 Å². The van der Waals surface area contributed by atoms with E-state index in [-0.39, 0.29) is 24.5 Å². The highest BCUT2D eigenvalue weighted by atomic mass is 32.2. The Bertz CT molecular complexity index is 532. The predicted octanol–water partition coefficient (Wildman–Crippen LogP) is 2.37. The molecule has 1 unspecified atom stereocenters. The first kappa shape index (κ1) is 17.0. The van der Waals surface area contributed by atoms with Crippen LogP contribution in [0.3, 0.4) is 0 Å². The van der Waals surface area contributed by atoms with Crippen molar-refractivity contribution < 1.29 is 21.6 Å². The van der Waals surface area contributed by atoms with Gasteiger partial charge in [0.05, 0.1) is 16.9 Å². The third-order valence-corrected chi connectivity index (χ3v) is 4.70. The van der Waals surface area contributed by atoms with Crippen molar-refractivity contribution in [3.05, 3.63) is 36.0 Å². The molecule has 0 aromatic carbocycles. The lowest BCUT2D eigenvalue weighted by Gasteiger charge is -2.30. The van der Waals surface area contributed by atoms with Crippen LogP contribution in [0, 0.1) is 5.41 Å². The summed E-state index contributed by atoms with van der Waals surface area (Å²) in [6.45, 7) is 1.19. The first-order chi connectivity index (χ1) is 9.10. The third-order valence-electron chi connectivity index (χ3n) is 3.14. The van der Waals surface area contributed by atoms with Crippen LogP contribution in [0.15, 0.2) is 36.0 Å². The smallest absolute Gasteiger partial charge is 0.329 e. The van der Waals surface area contributed by atoms with Crippen LogP contribution < -0.4 is 5.73 Å². The molecule has 1 aliphatic rings. The van der Waals surface area contributed by atoms with Gasteiger partial charge < -0.3 is 5.73 Å². The minimum Gasteiger partial charge on any atom is -0.329 e. The largest absolute Gasteiger partial charge is 0.397 e. The maximum Gasteiger partial charge on any atom is 0.397 e. The number of halogens is 3. The second kappa shape index (κ2) is 6.13. The van der Waals surface area contributed by atoms with Gasteiger partial charge in [-0.25, -0.2) is 8.42 Å². The molecular formula is C13H18F3NO2S. The van der Waals surface area contributed by atoms with Crippen molar-refractivity contribution in [3.63, 3.8) is 0 Å². The van der Waals surface area contributed by atoms with Gasteiger partial charge in [0.25, 0.3) is 0 Å².